The smallest absolute Gasteiger partial charge is 0.297 e. The van der Waals surface area contributed by atoms with Crippen molar-refractivity contribution >= 4 is 26.7 Å². The minimum atomic E-state index is -0.993. The summed E-state index contributed by atoms with van der Waals surface area (Å²) in [4.78, 5) is 3.77. The van der Waals surface area contributed by atoms with Gasteiger partial charge in [-0.15, -0.1) is 0 Å². The second-order valence-corrected chi connectivity index (χ2v) is 4.56. The summed E-state index contributed by atoms with van der Waals surface area (Å²) in [6, 6.07) is 3.54. The predicted molar refractivity (Wildman–Crippen MR) is 67.2 cm³/mol. The Morgan fingerprint density at radius 2 is 2.11 bits per heavy atom. The molecule has 1 aromatic rings. The molecule has 2 rings (SSSR count). The van der Waals surface area contributed by atoms with Gasteiger partial charge in [0, 0.05) is 12.1 Å². The van der Waals surface area contributed by atoms with Crippen molar-refractivity contribution in [3.63, 3.8) is 0 Å². The van der Waals surface area contributed by atoms with Crippen LogP contribution in [0.1, 0.15) is 12.8 Å². The first kappa shape index (κ1) is 12.9. The van der Waals surface area contributed by atoms with Gasteiger partial charge in [-0.1, -0.05) is 0 Å². The lowest BCUT2D eigenvalue weighted by Gasteiger charge is -2.10. The predicted octanol–water partition coefficient (Wildman–Crippen LogP) is 2.78. The van der Waals surface area contributed by atoms with Crippen molar-refractivity contribution in [3.05, 3.63) is 29.8 Å². The third kappa shape index (κ3) is 3.76. The lowest BCUT2D eigenvalue weighted by atomic mass is 10.3. The first-order valence-corrected chi connectivity index (χ1v) is 6.06. The summed E-state index contributed by atoms with van der Waals surface area (Å²) in [6.45, 7) is 0. The van der Waals surface area contributed by atoms with Gasteiger partial charge >= 0.3 is 0 Å². The molecular formula is C11H10BrF2N3O. The first-order chi connectivity index (χ1) is 8.54. The minimum Gasteiger partial charge on any atom is -0.426 e. The first-order valence-electron chi connectivity index (χ1n) is 5.27. The zero-order valence-electron chi connectivity index (χ0n) is 9.21. The van der Waals surface area contributed by atoms with E-state index < -0.39 is 11.6 Å². The minimum absolute atomic E-state index is 0.0883. The number of ether oxygens (including phenoxy) is 1. The van der Waals surface area contributed by atoms with Crippen LogP contribution >= 0.6 is 15.9 Å². The molecule has 4 nitrogen and oxygen atoms in total. The van der Waals surface area contributed by atoms with Gasteiger partial charge in [-0.05, 0) is 40.9 Å². The lowest BCUT2D eigenvalue weighted by molar-refractivity contribution is 0.481. The number of nitrogens with zero attached hydrogens (tertiary/aromatic N) is 1. The molecule has 0 aromatic heterocycles. The highest BCUT2D eigenvalue weighted by Gasteiger charge is 2.23. The Bertz CT molecular complexity index is 503. The molecular weight excluding hydrogens is 308 g/mol. The van der Waals surface area contributed by atoms with Gasteiger partial charge in [0.1, 0.15) is 5.75 Å². The van der Waals surface area contributed by atoms with E-state index in [0.717, 1.165) is 25.0 Å². The molecule has 1 aliphatic rings. The molecule has 0 unspecified atom stereocenters. The second kappa shape index (κ2) is 5.43. The van der Waals surface area contributed by atoms with Crippen LogP contribution in [-0.2, 0) is 0 Å². The van der Waals surface area contributed by atoms with E-state index in [-0.39, 0.29) is 22.6 Å². The van der Waals surface area contributed by atoms with E-state index in [1.165, 1.54) is 6.07 Å². The van der Waals surface area contributed by atoms with Gasteiger partial charge < -0.3 is 10.1 Å². The third-order valence-corrected chi connectivity index (χ3v) is 2.39. The van der Waals surface area contributed by atoms with Crippen LogP contribution < -0.4 is 10.1 Å². The van der Waals surface area contributed by atoms with Crippen LogP contribution in [0, 0.1) is 17.0 Å². The zero-order valence-corrected chi connectivity index (χ0v) is 10.8. The van der Waals surface area contributed by atoms with Crippen molar-refractivity contribution in [1.82, 2.24) is 5.32 Å². The molecule has 7 heteroatoms. The van der Waals surface area contributed by atoms with Crippen molar-refractivity contribution in [2.75, 3.05) is 0 Å². The average molecular weight is 318 g/mol. The van der Waals surface area contributed by atoms with Crippen molar-refractivity contribution in [2.45, 2.75) is 18.9 Å². The van der Waals surface area contributed by atoms with Gasteiger partial charge in [0.15, 0.2) is 16.4 Å². The normalized spacial score (nSPS) is 15.4. The maximum Gasteiger partial charge on any atom is 0.297 e. The number of hydrogen-bond acceptors (Lipinski definition) is 2. The van der Waals surface area contributed by atoms with Crippen LogP contribution in [-0.4, -0.2) is 16.8 Å². The van der Waals surface area contributed by atoms with Crippen LogP contribution in [0.2, 0.25) is 0 Å². The van der Waals surface area contributed by atoms with E-state index in [4.69, 9.17) is 10.1 Å². The highest BCUT2D eigenvalue weighted by molar-refractivity contribution is 9.18. The van der Waals surface area contributed by atoms with Gasteiger partial charge in [0.05, 0.1) is 0 Å². The number of hydrogen-bond donors (Lipinski definition) is 2. The van der Waals surface area contributed by atoms with E-state index in [0.29, 0.717) is 0 Å². The van der Waals surface area contributed by atoms with Crippen LogP contribution in [0.25, 0.3) is 0 Å². The molecule has 1 fully saturated rings. The van der Waals surface area contributed by atoms with Crippen molar-refractivity contribution in [1.29, 1.82) is 5.41 Å². The van der Waals surface area contributed by atoms with Crippen LogP contribution in [0.3, 0.4) is 0 Å². The second-order valence-electron chi connectivity index (χ2n) is 3.80. The van der Waals surface area contributed by atoms with Crippen LogP contribution in [0.5, 0.6) is 5.75 Å². The van der Waals surface area contributed by atoms with Gasteiger partial charge in [-0.25, -0.2) is 8.78 Å². The Morgan fingerprint density at radius 3 is 2.67 bits per heavy atom. The molecule has 1 aromatic carbocycles. The molecule has 0 atom stereocenters. The molecule has 18 heavy (non-hydrogen) atoms. The molecule has 1 saturated carbocycles. The average Bonchev–Trinajstić information content (AvgIpc) is 3.06. The van der Waals surface area contributed by atoms with E-state index in [2.05, 4.69) is 26.2 Å². The molecule has 0 spiro atoms. The van der Waals surface area contributed by atoms with E-state index in [1.807, 2.05) is 0 Å². The van der Waals surface area contributed by atoms with E-state index >= 15 is 0 Å². The Morgan fingerprint density at radius 1 is 1.39 bits per heavy atom. The van der Waals surface area contributed by atoms with Crippen molar-refractivity contribution in [3.8, 4) is 5.75 Å². The number of nitrogens with one attached hydrogen (secondary N) is 2. The lowest BCUT2D eigenvalue weighted by Crippen LogP contribution is -2.31. The monoisotopic (exact) mass is 317 g/mol. The fourth-order valence-electron chi connectivity index (χ4n) is 1.23. The standard InChI is InChI=1S/C11H10BrF2N3O/c12-10(15)17-11(16-6-1-2-6)18-7-3-4-8(13)9(14)5-7/h3-6H,1-2H2,(H2,15,16,17). The molecule has 0 amide bonds. The Kier molecular flexibility index (Phi) is 3.90. The summed E-state index contributed by atoms with van der Waals surface area (Å²) in [5.41, 5.74) is 0. The molecule has 96 valence electrons. The zero-order chi connectivity index (χ0) is 13.1. The highest BCUT2D eigenvalue weighted by atomic mass is 79.9. The molecule has 0 aliphatic heterocycles. The Balaban J connectivity index is 2.11. The van der Waals surface area contributed by atoms with Gasteiger partial charge in [0.2, 0.25) is 0 Å². The van der Waals surface area contributed by atoms with Gasteiger partial charge in [0.25, 0.3) is 6.02 Å². The summed E-state index contributed by atoms with van der Waals surface area (Å²) >= 11 is 2.87. The van der Waals surface area contributed by atoms with Crippen LogP contribution in [0.4, 0.5) is 8.78 Å². The quantitative estimate of drug-likeness (QED) is 0.500. The summed E-state index contributed by atoms with van der Waals surface area (Å²) < 4.78 is 30.9. The maximum atomic E-state index is 13.0. The van der Waals surface area contributed by atoms with Gasteiger partial charge in [-0.3, -0.25) is 5.41 Å². The highest BCUT2D eigenvalue weighted by Crippen LogP contribution is 2.20. The van der Waals surface area contributed by atoms with E-state index in [9.17, 15) is 8.78 Å². The summed E-state index contributed by atoms with van der Waals surface area (Å²) in [7, 11) is 0. The van der Waals surface area contributed by atoms with Crippen molar-refractivity contribution in [2.24, 2.45) is 4.99 Å². The van der Waals surface area contributed by atoms with E-state index in [1.54, 1.807) is 0 Å². The molecule has 0 bridgehead atoms. The number of benzene rings is 1. The van der Waals surface area contributed by atoms with Crippen LogP contribution in [0.15, 0.2) is 23.2 Å². The molecule has 0 heterocycles. The molecule has 2 N–H and O–H groups in total. The van der Waals surface area contributed by atoms with Crippen molar-refractivity contribution < 1.29 is 13.5 Å². The fraction of sp³-hybridized carbons (Fsp3) is 0.273. The topological polar surface area (TPSA) is 57.5 Å². The fourth-order valence-corrected chi connectivity index (χ4v) is 1.39. The number of aliphatic imine (C=N–C) groups is 1. The molecule has 1 aliphatic carbocycles. The number of amidine groups is 2. The summed E-state index contributed by atoms with van der Waals surface area (Å²) in [6.07, 6.45) is 1.99. The number of halogens is 3. The van der Waals surface area contributed by atoms with Gasteiger partial charge in [-0.2, -0.15) is 4.99 Å². The Hall–Kier alpha value is -1.50. The molecule has 0 radical (unpaired) electrons. The molecule has 0 saturated heterocycles. The SMILES string of the molecule is N=C(Br)/N=C(\NC1CC1)Oc1ccc(F)c(F)c1. The third-order valence-electron chi connectivity index (χ3n) is 2.21. The Labute approximate surface area is 111 Å². The summed E-state index contributed by atoms with van der Waals surface area (Å²) in [5, 5.41) is 10.2. The summed E-state index contributed by atoms with van der Waals surface area (Å²) in [5.74, 6) is -1.81. The largest absolute Gasteiger partial charge is 0.426 e. The maximum absolute atomic E-state index is 13.0. The number of rotatable bonds is 2.